The second kappa shape index (κ2) is 6.64. The van der Waals surface area contributed by atoms with Gasteiger partial charge in [0.15, 0.2) is 11.6 Å². The van der Waals surface area contributed by atoms with Gasteiger partial charge in [0.2, 0.25) is 0 Å². The van der Waals surface area contributed by atoms with Gasteiger partial charge in [-0.15, -0.1) is 0 Å². The van der Waals surface area contributed by atoms with E-state index in [0.29, 0.717) is 0 Å². The average molecular weight is 389 g/mol. The number of hydrogen-bond donors (Lipinski definition) is 0. The predicted octanol–water partition coefficient (Wildman–Crippen LogP) is 2.64. The lowest BCUT2D eigenvalue weighted by Crippen LogP contribution is -2.05. The monoisotopic (exact) mass is 388 g/mol. The van der Waals surface area contributed by atoms with Gasteiger partial charge >= 0.3 is 0 Å². The maximum atomic E-state index is 4.32. The highest BCUT2D eigenvalue weighted by atomic mass is 32.8. The lowest BCUT2D eigenvalue weighted by molar-refractivity contribution is 1.28. The minimum atomic E-state index is 0.808. The molecule has 2 aliphatic rings. The summed E-state index contributed by atoms with van der Waals surface area (Å²) in [6, 6.07) is 12.8. The molecule has 2 aromatic carbocycles. The standard InChI is InChI=1S/C16H12N4S4/c1-9-7-11(15-17-21-22-18-15)3-5-13(9)14-6-4-12(8-10(14)2)16-19-23-24-20-16/h3-8H,1-2H3. The summed E-state index contributed by atoms with van der Waals surface area (Å²) in [4.78, 5) is 0. The molecule has 4 rings (SSSR count). The second-order valence-corrected chi connectivity index (χ2v) is 8.49. The van der Waals surface area contributed by atoms with E-state index >= 15 is 0 Å². The Hall–Kier alpha value is -1.74. The van der Waals surface area contributed by atoms with Gasteiger partial charge in [-0.05, 0) is 47.5 Å². The molecule has 2 aliphatic heterocycles. The van der Waals surface area contributed by atoms with Gasteiger partial charge in [-0.1, -0.05) is 24.3 Å². The molecule has 0 amide bonds. The zero-order valence-corrected chi connectivity index (χ0v) is 16.2. The summed E-state index contributed by atoms with van der Waals surface area (Å²) in [5.74, 6) is 1.62. The average Bonchev–Trinajstić information content (AvgIpc) is 3.29. The van der Waals surface area contributed by atoms with E-state index in [9.17, 15) is 0 Å². The molecule has 8 heteroatoms. The highest BCUT2D eigenvalue weighted by Crippen LogP contribution is 2.08. The van der Waals surface area contributed by atoms with Crippen molar-refractivity contribution in [3.8, 4) is 0 Å². The summed E-state index contributed by atoms with van der Waals surface area (Å²) < 4.78 is 17.3. The minimum absolute atomic E-state index is 0.808. The summed E-state index contributed by atoms with van der Waals surface area (Å²) in [6.45, 7) is 4.26. The molecule has 0 N–H and O–H groups in total. The van der Waals surface area contributed by atoms with E-state index in [2.05, 4.69) is 67.7 Å². The Morgan fingerprint density at radius 1 is 0.583 bits per heavy atom. The van der Waals surface area contributed by atoms with Crippen molar-refractivity contribution in [1.29, 1.82) is 0 Å². The van der Waals surface area contributed by atoms with Crippen LogP contribution in [0.15, 0.2) is 53.8 Å². The van der Waals surface area contributed by atoms with E-state index in [-0.39, 0.29) is 0 Å². The van der Waals surface area contributed by atoms with Gasteiger partial charge < -0.3 is 0 Å². The predicted molar refractivity (Wildman–Crippen MR) is 105 cm³/mol. The fourth-order valence-electron chi connectivity index (χ4n) is 2.66. The van der Waals surface area contributed by atoms with Crippen molar-refractivity contribution in [2.75, 3.05) is 0 Å². The van der Waals surface area contributed by atoms with Crippen LogP contribution >= 0.6 is 0 Å². The van der Waals surface area contributed by atoms with E-state index < -0.39 is 0 Å². The molecule has 0 fully saturated rings. The Labute approximate surface area is 151 Å². The lowest BCUT2D eigenvalue weighted by Gasteiger charge is -2.00. The molecule has 0 aromatic heterocycles. The van der Waals surface area contributed by atoms with E-state index in [1.165, 1.54) is 62.0 Å². The first-order valence-electron chi connectivity index (χ1n) is 7.18. The van der Waals surface area contributed by atoms with Crippen molar-refractivity contribution in [3.05, 3.63) is 68.4 Å². The number of nitrogens with zero attached hydrogens (tertiary/aromatic N) is 4. The molecule has 4 nitrogen and oxygen atoms in total. The van der Waals surface area contributed by atoms with Crippen LogP contribution in [-0.4, -0.2) is 0 Å². The van der Waals surface area contributed by atoms with Gasteiger partial charge in [-0.25, -0.2) is 0 Å². The third kappa shape index (κ3) is 2.98. The molecule has 120 valence electrons. The molecule has 0 spiro atoms. The first kappa shape index (κ1) is 15.8. The molecule has 0 saturated carbocycles. The summed E-state index contributed by atoms with van der Waals surface area (Å²) >= 11 is 0. The van der Waals surface area contributed by atoms with Crippen LogP contribution in [0.25, 0.3) is 11.6 Å². The van der Waals surface area contributed by atoms with E-state index in [1.54, 1.807) is 0 Å². The Morgan fingerprint density at radius 3 is 1.29 bits per heavy atom. The zero-order valence-electron chi connectivity index (χ0n) is 12.9. The Kier molecular flexibility index (Phi) is 4.36. The first-order chi connectivity index (χ1) is 11.7. The van der Waals surface area contributed by atoms with Gasteiger partial charge in [0.1, 0.15) is 0 Å². The largest absolute Gasteiger partial charge is 0.186 e. The quantitative estimate of drug-likeness (QED) is 0.666. The Morgan fingerprint density at radius 2 is 0.958 bits per heavy atom. The van der Waals surface area contributed by atoms with Crippen LogP contribution < -0.4 is 10.4 Å². The summed E-state index contributed by atoms with van der Waals surface area (Å²) in [5, 5.41) is 4.60. The lowest BCUT2D eigenvalue weighted by atomic mass is 10.1. The maximum Gasteiger partial charge on any atom is 0.186 e. The summed E-state index contributed by atoms with van der Waals surface area (Å²) in [5.41, 5.74) is 2.44. The summed E-state index contributed by atoms with van der Waals surface area (Å²) in [7, 11) is 5.66. The zero-order chi connectivity index (χ0) is 16.5. The van der Waals surface area contributed by atoms with Crippen molar-refractivity contribution in [2.24, 2.45) is 17.5 Å². The van der Waals surface area contributed by atoms with Gasteiger partial charge in [0.25, 0.3) is 0 Å². The third-order valence-electron chi connectivity index (χ3n) is 3.82. The van der Waals surface area contributed by atoms with Crippen LogP contribution in [-0.2, 0) is 40.5 Å². The van der Waals surface area contributed by atoms with E-state index in [4.69, 9.17) is 0 Å². The molecular formula is C16H12N4S4. The highest BCUT2D eigenvalue weighted by Gasteiger charge is 2.01. The van der Waals surface area contributed by atoms with Gasteiger partial charge in [-0.2, -0.15) is 17.5 Å². The first-order valence-corrected chi connectivity index (χ1v) is 11.3. The summed E-state index contributed by atoms with van der Waals surface area (Å²) in [6.07, 6.45) is 0. The Balaban J connectivity index is 1.98. The minimum Gasteiger partial charge on any atom is -0.159 e. The van der Waals surface area contributed by atoms with Gasteiger partial charge in [0, 0.05) is 50.9 Å². The van der Waals surface area contributed by atoms with Crippen molar-refractivity contribution in [1.82, 2.24) is 0 Å². The van der Waals surface area contributed by atoms with Crippen molar-refractivity contribution in [3.63, 3.8) is 0 Å². The number of hydrogen-bond acceptors (Lipinski definition) is 4. The normalized spacial score (nSPS) is 16.6. The van der Waals surface area contributed by atoms with Crippen LogP contribution in [0.5, 0.6) is 0 Å². The van der Waals surface area contributed by atoms with E-state index in [0.717, 1.165) is 22.1 Å². The number of aryl methyl sites for hydroxylation is 2. The second-order valence-electron chi connectivity index (χ2n) is 5.37. The van der Waals surface area contributed by atoms with Gasteiger partial charge in [0.05, 0.1) is 0 Å². The molecule has 0 bridgehead atoms. The number of benzene rings is 2. The van der Waals surface area contributed by atoms with Gasteiger partial charge in [-0.3, -0.25) is 0 Å². The molecule has 2 aromatic rings. The molecule has 0 radical (unpaired) electrons. The molecule has 2 heterocycles. The van der Waals surface area contributed by atoms with Crippen LogP contribution in [0, 0.1) is 24.3 Å². The van der Waals surface area contributed by atoms with Crippen molar-refractivity contribution in [2.45, 2.75) is 13.8 Å². The molecule has 0 atom stereocenters. The number of rotatable bonds is 0. The topological polar surface area (TPSA) is 49.4 Å². The highest BCUT2D eigenvalue weighted by molar-refractivity contribution is 8.17. The third-order valence-corrected chi connectivity index (χ3v) is 6.24. The fourth-order valence-corrected chi connectivity index (χ4v) is 5.01. The molecule has 0 unspecified atom stereocenters. The van der Waals surface area contributed by atoms with Crippen molar-refractivity contribution >= 4 is 52.1 Å². The smallest absolute Gasteiger partial charge is 0.159 e. The molecule has 24 heavy (non-hydrogen) atoms. The molecule has 0 saturated heterocycles. The van der Waals surface area contributed by atoms with Crippen molar-refractivity contribution < 1.29 is 0 Å². The maximum absolute atomic E-state index is 4.32. The molecular weight excluding hydrogens is 376 g/mol. The van der Waals surface area contributed by atoms with Crippen LogP contribution in [0.4, 0.5) is 0 Å². The van der Waals surface area contributed by atoms with E-state index in [1.807, 2.05) is 0 Å². The fraction of sp³-hybridized carbons (Fsp3) is 0.125. The Bertz CT molecular complexity index is 1180. The SMILES string of the molecule is Cc1cc(=C2N=S=S=N2)ccc1=c1ccc(=C2N=S=S=N2)cc1C. The molecule has 0 aliphatic carbocycles. The van der Waals surface area contributed by atoms with Crippen LogP contribution in [0.1, 0.15) is 11.1 Å². The van der Waals surface area contributed by atoms with Crippen LogP contribution in [0.2, 0.25) is 0 Å². The van der Waals surface area contributed by atoms with Crippen LogP contribution in [0.3, 0.4) is 0 Å².